The first kappa shape index (κ1) is 20.8. The van der Waals surface area contributed by atoms with Crippen molar-refractivity contribution >= 4 is 34.0 Å². The number of nitrogens with two attached hydrogens (primary N) is 1. The van der Waals surface area contributed by atoms with E-state index in [1.54, 1.807) is 18.2 Å². The van der Waals surface area contributed by atoms with E-state index in [1.807, 2.05) is 7.05 Å². The molecular weight excluding hydrogens is 370 g/mol. The van der Waals surface area contributed by atoms with Gasteiger partial charge in [0.25, 0.3) is 0 Å². The minimum Gasteiger partial charge on any atom is -0.398 e. The summed E-state index contributed by atoms with van der Waals surface area (Å²) in [5.41, 5.74) is 7.59. The molecule has 6 heteroatoms. The maximum Gasteiger partial charge on any atom is 0.150 e. The summed E-state index contributed by atoms with van der Waals surface area (Å²) in [4.78, 5) is 12.8. The van der Waals surface area contributed by atoms with E-state index in [9.17, 15) is 4.79 Å². The predicted molar refractivity (Wildman–Crippen MR) is 104 cm³/mol. The molecule has 0 aliphatic carbocycles. The van der Waals surface area contributed by atoms with Gasteiger partial charge in [-0.25, -0.2) is 0 Å². The number of nitrogens with zero attached hydrogens (tertiary/aromatic N) is 1. The Kier molecular flexibility index (Phi) is 9.86. The van der Waals surface area contributed by atoms with Crippen molar-refractivity contribution in [1.29, 1.82) is 0 Å². The normalized spacial score (nSPS) is 17.2. The highest BCUT2D eigenvalue weighted by molar-refractivity contribution is 9.10. The molecule has 0 spiro atoms. The van der Waals surface area contributed by atoms with Crippen molar-refractivity contribution in [2.45, 2.75) is 25.3 Å². The summed E-state index contributed by atoms with van der Waals surface area (Å²) in [5, 5.41) is 12.2. The van der Waals surface area contributed by atoms with Gasteiger partial charge in [-0.05, 0) is 58.1 Å². The molecule has 1 fully saturated rings. The monoisotopic (exact) mass is 397 g/mol. The molecule has 5 nitrogen and oxygen atoms in total. The first-order valence-electron chi connectivity index (χ1n) is 8.23. The van der Waals surface area contributed by atoms with Crippen molar-refractivity contribution in [1.82, 2.24) is 10.2 Å². The molecule has 0 amide bonds. The van der Waals surface area contributed by atoms with Crippen molar-refractivity contribution in [2.24, 2.45) is 0 Å². The lowest BCUT2D eigenvalue weighted by atomic mass is 10.1. The van der Waals surface area contributed by atoms with E-state index in [1.165, 1.54) is 25.8 Å². The molecular formula is C18H28BrN3O2. The van der Waals surface area contributed by atoms with Crippen molar-refractivity contribution in [3.05, 3.63) is 34.3 Å². The lowest BCUT2D eigenvalue weighted by molar-refractivity contribution is 0.112. The summed E-state index contributed by atoms with van der Waals surface area (Å²) < 4.78 is 0.791. The molecule has 24 heavy (non-hydrogen) atoms. The second kappa shape index (κ2) is 11.4. The van der Waals surface area contributed by atoms with Gasteiger partial charge in [-0.15, -0.1) is 0 Å². The first-order valence-corrected chi connectivity index (χ1v) is 9.02. The number of benzene rings is 1. The van der Waals surface area contributed by atoms with E-state index >= 15 is 0 Å². The summed E-state index contributed by atoms with van der Waals surface area (Å²) in [6.07, 6.45) is 6.02. The van der Waals surface area contributed by atoms with E-state index < -0.39 is 0 Å². The number of carbonyl (C=O) groups is 1. The molecule has 2 rings (SSSR count). The Morgan fingerprint density at radius 1 is 1.54 bits per heavy atom. The maximum absolute atomic E-state index is 10.4. The maximum atomic E-state index is 10.4. The molecule has 0 saturated carbocycles. The average molecular weight is 398 g/mol. The largest absolute Gasteiger partial charge is 0.398 e. The minimum atomic E-state index is 0.333. The van der Waals surface area contributed by atoms with Gasteiger partial charge in [-0.3, -0.25) is 9.69 Å². The number of nitrogen functional groups attached to an aromatic ring is 1. The quantitative estimate of drug-likeness (QED) is 0.374. The number of hydrogen-bond acceptors (Lipinski definition) is 5. The number of likely N-dealkylation sites (tertiary alicyclic amines) is 1. The van der Waals surface area contributed by atoms with E-state index in [0.717, 1.165) is 29.4 Å². The van der Waals surface area contributed by atoms with Crippen LogP contribution in [0.1, 0.15) is 35.2 Å². The molecule has 1 atom stereocenters. The topological polar surface area (TPSA) is 78.6 Å². The molecule has 0 radical (unpaired) electrons. The SMILES string of the molecule is C=Cc1c(N)cc(C=O)cc1Br.CNCCCN1CCCC1CO. The number of aliphatic hydroxyl groups is 1. The van der Waals surface area contributed by atoms with E-state index in [4.69, 9.17) is 10.8 Å². The number of carbonyl (C=O) groups excluding carboxylic acids is 1. The fourth-order valence-corrected chi connectivity index (χ4v) is 3.45. The van der Waals surface area contributed by atoms with Crippen LogP contribution in [0.2, 0.25) is 0 Å². The van der Waals surface area contributed by atoms with Crippen LogP contribution in [0.3, 0.4) is 0 Å². The highest BCUT2D eigenvalue weighted by Gasteiger charge is 2.22. The van der Waals surface area contributed by atoms with Gasteiger partial charge < -0.3 is 16.2 Å². The van der Waals surface area contributed by atoms with Gasteiger partial charge in [0, 0.05) is 27.3 Å². The summed E-state index contributed by atoms with van der Waals surface area (Å²) in [7, 11) is 1.98. The molecule has 4 N–H and O–H groups in total. The Morgan fingerprint density at radius 2 is 2.29 bits per heavy atom. The minimum absolute atomic E-state index is 0.333. The Labute approximate surface area is 153 Å². The van der Waals surface area contributed by atoms with Crippen molar-refractivity contribution in [3.8, 4) is 0 Å². The molecule has 1 aliphatic heterocycles. The highest BCUT2D eigenvalue weighted by atomic mass is 79.9. The second-order valence-corrected chi connectivity index (χ2v) is 6.65. The summed E-state index contributed by atoms with van der Waals surface area (Å²) >= 11 is 3.29. The Balaban J connectivity index is 0.000000240. The second-order valence-electron chi connectivity index (χ2n) is 5.80. The van der Waals surface area contributed by atoms with Crippen LogP contribution in [-0.4, -0.2) is 55.6 Å². The van der Waals surface area contributed by atoms with Gasteiger partial charge in [0.2, 0.25) is 0 Å². The third kappa shape index (κ3) is 6.36. The molecule has 134 valence electrons. The van der Waals surface area contributed by atoms with Crippen LogP contribution < -0.4 is 11.1 Å². The molecule has 1 saturated heterocycles. The average Bonchev–Trinajstić information content (AvgIpc) is 3.03. The van der Waals surface area contributed by atoms with Crippen LogP contribution in [0.5, 0.6) is 0 Å². The van der Waals surface area contributed by atoms with E-state index in [-0.39, 0.29) is 0 Å². The zero-order chi connectivity index (χ0) is 17.9. The number of hydrogen-bond donors (Lipinski definition) is 3. The van der Waals surface area contributed by atoms with Crippen molar-refractivity contribution in [3.63, 3.8) is 0 Å². The lowest BCUT2D eigenvalue weighted by Gasteiger charge is -2.22. The van der Waals surface area contributed by atoms with Crippen molar-refractivity contribution in [2.75, 3.05) is 39.0 Å². The Hall–Kier alpha value is -1.21. The molecule has 0 bridgehead atoms. The van der Waals surface area contributed by atoms with Gasteiger partial charge in [-0.2, -0.15) is 0 Å². The van der Waals surface area contributed by atoms with Gasteiger partial charge in [0.1, 0.15) is 6.29 Å². The fourth-order valence-electron chi connectivity index (χ4n) is 2.80. The third-order valence-electron chi connectivity index (χ3n) is 4.11. The standard InChI is InChI=1S/C9H8BrNO.C9H20N2O/c1-2-7-8(10)3-6(5-12)4-9(7)11;1-10-5-3-7-11-6-2-4-9(11)8-12/h2-5H,1,11H2;9-10,12H,2-8H2,1H3. The van der Waals surface area contributed by atoms with E-state index in [2.05, 4.69) is 32.7 Å². The first-order chi connectivity index (χ1) is 11.6. The molecule has 1 aliphatic rings. The Bertz CT molecular complexity index is 514. The molecule has 1 aromatic rings. The van der Waals surface area contributed by atoms with Crippen LogP contribution >= 0.6 is 15.9 Å². The molecule has 1 unspecified atom stereocenters. The number of anilines is 1. The summed E-state index contributed by atoms with van der Waals surface area (Å²) in [6, 6.07) is 3.77. The molecule has 1 aromatic carbocycles. The van der Waals surface area contributed by atoms with Crippen LogP contribution in [0.25, 0.3) is 6.08 Å². The number of aliphatic hydroxyl groups excluding tert-OH is 1. The van der Waals surface area contributed by atoms with Gasteiger partial charge in [0.15, 0.2) is 0 Å². The Morgan fingerprint density at radius 3 is 2.83 bits per heavy atom. The third-order valence-corrected chi connectivity index (χ3v) is 4.76. The predicted octanol–water partition coefficient (Wildman–Crippen LogP) is 2.54. The molecule has 1 heterocycles. The highest BCUT2D eigenvalue weighted by Crippen LogP contribution is 2.25. The van der Waals surface area contributed by atoms with Crippen LogP contribution in [0.4, 0.5) is 5.69 Å². The number of aldehydes is 1. The zero-order valence-corrected chi connectivity index (χ0v) is 15.9. The smallest absolute Gasteiger partial charge is 0.150 e. The van der Waals surface area contributed by atoms with Crippen LogP contribution in [0.15, 0.2) is 23.2 Å². The number of halogens is 1. The van der Waals surface area contributed by atoms with Gasteiger partial charge >= 0.3 is 0 Å². The van der Waals surface area contributed by atoms with Crippen molar-refractivity contribution < 1.29 is 9.90 Å². The fraction of sp³-hybridized carbons (Fsp3) is 0.500. The van der Waals surface area contributed by atoms with Gasteiger partial charge in [-0.1, -0.05) is 28.6 Å². The zero-order valence-electron chi connectivity index (χ0n) is 14.3. The van der Waals surface area contributed by atoms with Crippen LogP contribution in [0, 0.1) is 0 Å². The summed E-state index contributed by atoms with van der Waals surface area (Å²) in [6.45, 7) is 7.33. The number of nitrogens with one attached hydrogen (secondary N) is 1. The van der Waals surface area contributed by atoms with E-state index in [0.29, 0.717) is 23.9 Å². The molecule has 0 aromatic heterocycles. The van der Waals surface area contributed by atoms with Gasteiger partial charge in [0.05, 0.1) is 6.61 Å². The summed E-state index contributed by atoms with van der Waals surface area (Å²) in [5.74, 6) is 0. The number of rotatable bonds is 7. The van der Waals surface area contributed by atoms with Crippen LogP contribution in [-0.2, 0) is 0 Å². The lowest BCUT2D eigenvalue weighted by Crippen LogP contribution is -2.34.